The minimum absolute atomic E-state index is 0.204. The normalized spacial score (nSPS) is 14.3. The van der Waals surface area contributed by atoms with E-state index in [2.05, 4.69) is 5.32 Å². The molecule has 0 saturated heterocycles. The monoisotopic (exact) mass is 281 g/mol. The van der Waals surface area contributed by atoms with Crippen molar-refractivity contribution >= 4 is 46.4 Å². The summed E-state index contributed by atoms with van der Waals surface area (Å²) in [4.78, 5) is 11.6. The van der Waals surface area contributed by atoms with E-state index in [-0.39, 0.29) is 5.88 Å². The third-order valence-electron chi connectivity index (χ3n) is 1.93. The summed E-state index contributed by atoms with van der Waals surface area (Å²) in [5.41, 5.74) is -1.26. The number of nitrogens with one attached hydrogen (secondary N) is 1. The van der Waals surface area contributed by atoms with E-state index < -0.39 is 11.5 Å². The summed E-state index contributed by atoms with van der Waals surface area (Å²) >= 11 is 17.0. The van der Waals surface area contributed by atoms with Crippen molar-refractivity contribution < 1.29 is 9.90 Å². The predicted molar refractivity (Wildman–Crippen MR) is 66.4 cm³/mol. The molecule has 1 amide bonds. The standard InChI is InChI=1S/C10H10Cl3NO2/c1-10(16,5-11)9(15)14-8-3-2-6(12)4-7(8)13/h2-4,16H,5H2,1H3,(H,14,15). The van der Waals surface area contributed by atoms with Gasteiger partial charge in [0.2, 0.25) is 0 Å². The lowest BCUT2D eigenvalue weighted by molar-refractivity contribution is -0.130. The zero-order chi connectivity index (χ0) is 12.3. The number of carbonyl (C=O) groups is 1. The minimum atomic E-state index is -1.63. The number of anilines is 1. The molecule has 0 heterocycles. The number of halogens is 3. The molecule has 0 bridgehead atoms. The third-order valence-corrected chi connectivity index (χ3v) is 3.00. The first kappa shape index (κ1) is 13.6. The summed E-state index contributed by atoms with van der Waals surface area (Å²) in [5, 5.41) is 12.8. The van der Waals surface area contributed by atoms with Crippen LogP contribution in [-0.2, 0) is 4.79 Å². The highest BCUT2D eigenvalue weighted by molar-refractivity contribution is 6.36. The maximum atomic E-state index is 11.6. The second-order valence-corrected chi connectivity index (χ2v) is 4.60. The first-order valence-electron chi connectivity index (χ1n) is 4.41. The molecule has 0 aliphatic rings. The quantitative estimate of drug-likeness (QED) is 0.838. The van der Waals surface area contributed by atoms with Gasteiger partial charge < -0.3 is 10.4 Å². The molecule has 6 heteroatoms. The fourth-order valence-corrected chi connectivity index (χ4v) is 1.49. The molecular formula is C10H10Cl3NO2. The number of carbonyl (C=O) groups excluding carboxylic acids is 1. The summed E-state index contributed by atoms with van der Waals surface area (Å²) in [7, 11) is 0. The first-order chi connectivity index (χ1) is 7.36. The zero-order valence-electron chi connectivity index (χ0n) is 8.43. The van der Waals surface area contributed by atoms with Crippen LogP contribution in [0.25, 0.3) is 0 Å². The molecule has 0 spiro atoms. The number of aliphatic hydroxyl groups is 1. The molecule has 1 aromatic rings. The van der Waals surface area contributed by atoms with Crippen LogP contribution in [0.15, 0.2) is 18.2 Å². The summed E-state index contributed by atoms with van der Waals surface area (Å²) in [6.45, 7) is 1.32. The lowest BCUT2D eigenvalue weighted by Gasteiger charge is -2.19. The van der Waals surface area contributed by atoms with Crippen LogP contribution in [-0.4, -0.2) is 22.5 Å². The molecule has 0 fully saturated rings. The number of rotatable bonds is 3. The average Bonchev–Trinajstić information content (AvgIpc) is 2.22. The van der Waals surface area contributed by atoms with Crippen molar-refractivity contribution in [1.82, 2.24) is 0 Å². The molecule has 1 atom stereocenters. The van der Waals surface area contributed by atoms with Crippen molar-refractivity contribution in [3.8, 4) is 0 Å². The second kappa shape index (κ2) is 5.23. The van der Waals surface area contributed by atoms with Crippen LogP contribution in [0.1, 0.15) is 6.92 Å². The maximum absolute atomic E-state index is 11.6. The van der Waals surface area contributed by atoms with E-state index in [4.69, 9.17) is 34.8 Å². The van der Waals surface area contributed by atoms with Crippen molar-refractivity contribution in [2.45, 2.75) is 12.5 Å². The molecule has 0 aliphatic heterocycles. The molecule has 1 rings (SSSR count). The Morgan fingerprint density at radius 3 is 2.62 bits per heavy atom. The fraction of sp³-hybridized carbons (Fsp3) is 0.300. The van der Waals surface area contributed by atoms with Crippen molar-refractivity contribution in [2.24, 2.45) is 0 Å². The average molecular weight is 283 g/mol. The molecule has 0 aromatic heterocycles. The summed E-state index contributed by atoms with van der Waals surface area (Å²) < 4.78 is 0. The number of alkyl halides is 1. The van der Waals surface area contributed by atoms with Crippen LogP contribution in [0.4, 0.5) is 5.69 Å². The molecule has 0 aliphatic carbocycles. The first-order valence-corrected chi connectivity index (χ1v) is 5.70. The van der Waals surface area contributed by atoms with Gasteiger partial charge in [0.1, 0.15) is 0 Å². The number of benzene rings is 1. The van der Waals surface area contributed by atoms with Crippen LogP contribution in [0, 0.1) is 0 Å². The van der Waals surface area contributed by atoms with Crippen LogP contribution in [0.3, 0.4) is 0 Å². The van der Waals surface area contributed by atoms with E-state index >= 15 is 0 Å². The Morgan fingerprint density at radius 2 is 2.12 bits per heavy atom. The van der Waals surface area contributed by atoms with Crippen LogP contribution >= 0.6 is 34.8 Å². The van der Waals surface area contributed by atoms with Gasteiger partial charge in [-0.2, -0.15) is 0 Å². The van der Waals surface area contributed by atoms with E-state index in [0.717, 1.165) is 0 Å². The smallest absolute Gasteiger partial charge is 0.257 e. The van der Waals surface area contributed by atoms with Gasteiger partial charge in [-0.15, -0.1) is 11.6 Å². The highest BCUT2D eigenvalue weighted by Crippen LogP contribution is 2.26. The van der Waals surface area contributed by atoms with Crippen LogP contribution in [0.2, 0.25) is 10.0 Å². The highest BCUT2D eigenvalue weighted by Gasteiger charge is 2.29. The van der Waals surface area contributed by atoms with Crippen LogP contribution < -0.4 is 5.32 Å². The fourth-order valence-electron chi connectivity index (χ4n) is 0.908. The van der Waals surface area contributed by atoms with Crippen molar-refractivity contribution in [3.05, 3.63) is 28.2 Å². The van der Waals surface area contributed by atoms with Gasteiger partial charge in [-0.05, 0) is 25.1 Å². The van der Waals surface area contributed by atoms with Crippen molar-refractivity contribution in [2.75, 3.05) is 11.2 Å². The van der Waals surface area contributed by atoms with Gasteiger partial charge >= 0.3 is 0 Å². The molecule has 2 N–H and O–H groups in total. The Morgan fingerprint density at radius 1 is 1.50 bits per heavy atom. The van der Waals surface area contributed by atoms with Gasteiger partial charge in [0.15, 0.2) is 5.60 Å². The van der Waals surface area contributed by atoms with Crippen molar-refractivity contribution in [3.63, 3.8) is 0 Å². The summed E-state index contributed by atoms with van der Waals surface area (Å²) in [6, 6.07) is 4.62. The van der Waals surface area contributed by atoms with E-state index in [0.29, 0.717) is 15.7 Å². The predicted octanol–water partition coefficient (Wildman–Crippen LogP) is 2.92. The molecule has 1 unspecified atom stereocenters. The second-order valence-electron chi connectivity index (χ2n) is 3.49. The molecule has 1 aromatic carbocycles. The summed E-state index contributed by atoms with van der Waals surface area (Å²) in [5.74, 6) is -0.823. The van der Waals surface area contributed by atoms with E-state index in [1.807, 2.05) is 0 Å². The van der Waals surface area contributed by atoms with E-state index in [1.165, 1.54) is 13.0 Å². The SMILES string of the molecule is CC(O)(CCl)C(=O)Nc1ccc(Cl)cc1Cl. The molecule has 3 nitrogen and oxygen atoms in total. The van der Waals surface area contributed by atoms with Gasteiger partial charge in [-0.3, -0.25) is 4.79 Å². The van der Waals surface area contributed by atoms with E-state index in [9.17, 15) is 9.90 Å². The van der Waals surface area contributed by atoms with E-state index in [1.54, 1.807) is 12.1 Å². The zero-order valence-corrected chi connectivity index (χ0v) is 10.7. The third kappa shape index (κ3) is 3.25. The Kier molecular flexibility index (Phi) is 4.44. The Hall–Kier alpha value is -0.480. The minimum Gasteiger partial charge on any atom is -0.379 e. The number of hydrogen-bond donors (Lipinski definition) is 2. The van der Waals surface area contributed by atoms with Gasteiger partial charge in [0, 0.05) is 5.02 Å². The van der Waals surface area contributed by atoms with Crippen molar-refractivity contribution in [1.29, 1.82) is 0 Å². The summed E-state index contributed by atoms with van der Waals surface area (Å²) in [6.07, 6.45) is 0. The number of hydrogen-bond acceptors (Lipinski definition) is 2. The number of amides is 1. The van der Waals surface area contributed by atoms with Gasteiger partial charge in [-0.25, -0.2) is 0 Å². The molecular weight excluding hydrogens is 272 g/mol. The molecule has 16 heavy (non-hydrogen) atoms. The Balaban J connectivity index is 2.85. The van der Waals surface area contributed by atoms with Gasteiger partial charge in [0.25, 0.3) is 5.91 Å². The lowest BCUT2D eigenvalue weighted by Crippen LogP contribution is -2.41. The highest BCUT2D eigenvalue weighted by atomic mass is 35.5. The lowest BCUT2D eigenvalue weighted by atomic mass is 10.1. The Labute approximate surface area is 108 Å². The van der Waals surface area contributed by atoms with Gasteiger partial charge in [0.05, 0.1) is 16.6 Å². The molecule has 0 saturated carbocycles. The maximum Gasteiger partial charge on any atom is 0.257 e. The molecule has 88 valence electrons. The topological polar surface area (TPSA) is 49.3 Å². The molecule has 0 radical (unpaired) electrons. The Bertz CT molecular complexity index is 407. The van der Waals surface area contributed by atoms with Gasteiger partial charge in [-0.1, -0.05) is 23.2 Å². The van der Waals surface area contributed by atoms with Crippen LogP contribution in [0.5, 0.6) is 0 Å². The largest absolute Gasteiger partial charge is 0.379 e.